The van der Waals surface area contributed by atoms with E-state index in [1.54, 1.807) is 11.7 Å². The minimum atomic E-state index is 0.483. The first kappa shape index (κ1) is 14.5. The number of hydrogen-bond donors (Lipinski definition) is 1. The Bertz CT molecular complexity index is 764. The molecule has 1 heterocycles. The van der Waals surface area contributed by atoms with Crippen LogP contribution in [0.3, 0.4) is 0 Å². The fraction of sp³-hybridized carbons (Fsp3) is 0.118. The predicted molar refractivity (Wildman–Crippen MR) is 88.8 cm³/mol. The first-order chi connectivity index (χ1) is 10.6. The van der Waals surface area contributed by atoms with Gasteiger partial charge in [-0.1, -0.05) is 41.9 Å². The smallest absolute Gasteiger partial charge is 0.138 e. The van der Waals surface area contributed by atoms with E-state index in [1.807, 2.05) is 54.6 Å². The Morgan fingerprint density at radius 3 is 2.55 bits per heavy atom. The molecule has 112 valence electrons. The summed E-state index contributed by atoms with van der Waals surface area (Å²) in [4.78, 5) is 0. The molecule has 2 aromatic carbocycles. The highest BCUT2D eigenvalue weighted by Crippen LogP contribution is 2.30. The SMILES string of the molecule is Cn1nc(-c2ccc(OCc3ccccc3)c(Cl)c2)cc1N. The zero-order valence-electron chi connectivity index (χ0n) is 12.2. The number of aryl methyl sites for hydroxylation is 1. The summed E-state index contributed by atoms with van der Waals surface area (Å²) >= 11 is 6.30. The van der Waals surface area contributed by atoms with Gasteiger partial charge in [-0.2, -0.15) is 5.10 Å². The van der Waals surface area contributed by atoms with E-state index in [-0.39, 0.29) is 0 Å². The lowest BCUT2D eigenvalue weighted by atomic mass is 10.1. The van der Waals surface area contributed by atoms with Gasteiger partial charge in [-0.25, -0.2) is 0 Å². The summed E-state index contributed by atoms with van der Waals surface area (Å²) in [5.41, 5.74) is 8.59. The second kappa shape index (κ2) is 6.12. The van der Waals surface area contributed by atoms with Gasteiger partial charge in [-0.05, 0) is 23.8 Å². The number of nitrogen functional groups attached to an aromatic ring is 1. The molecule has 0 aliphatic heterocycles. The van der Waals surface area contributed by atoms with Gasteiger partial charge in [0.2, 0.25) is 0 Å². The summed E-state index contributed by atoms with van der Waals surface area (Å²) in [7, 11) is 1.80. The van der Waals surface area contributed by atoms with Gasteiger partial charge in [0.15, 0.2) is 0 Å². The molecule has 0 bridgehead atoms. The Labute approximate surface area is 134 Å². The molecule has 3 aromatic rings. The minimum absolute atomic E-state index is 0.483. The second-order valence-corrected chi connectivity index (χ2v) is 5.40. The van der Waals surface area contributed by atoms with Gasteiger partial charge >= 0.3 is 0 Å². The highest BCUT2D eigenvalue weighted by Gasteiger charge is 2.09. The van der Waals surface area contributed by atoms with Crippen LogP contribution in [0.25, 0.3) is 11.3 Å². The number of anilines is 1. The van der Waals surface area contributed by atoms with Gasteiger partial charge < -0.3 is 10.5 Å². The summed E-state index contributed by atoms with van der Waals surface area (Å²) in [6.45, 7) is 0.483. The Kier molecular flexibility index (Phi) is 4.02. The normalized spacial score (nSPS) is 10.6. The standard InChI is InChI=1S/C17H16ClN3O/c1-21-17(19)10-15(20-21)13-7-8-16(14(18)9-13)22-11-12-5-3-2-4-6-12/h2-10H,11,19H2,1H3. The molecular formula is C17H16ClN3O. The summed E-state index contributed by atoms with van der Waals surface area (Å²) < 4.78 is 7.39. The molecule has 4 nitrogen and oxygen atoms in total. The lowest BCUT2D eigenvalue weighted by molar-refractivity contribution is 0.306. The van der Waals surface area contributed by atoms with Crippen molar-refractivity contribution in [3.8, 4) is 17.0 Å². The highest BCUT2D eigenvalue weighted by molar-refractivity contribution is 6.32. The molecule has 3 rings (SSSR count). The predicted octanol–water partition coefficient (Wildman–Crippen LogP) is 3.90. The van der Waals surface area contributed by atoms with Crippen LogP contribution in [-0.4, -0.2) is 9.78 Å². The number of ether oxygens (including phenoxy) is 1. The number of halogens is 1. The fourth-order valence-corrected chi connectivity index (χ4v) is 2.37. The Balaban J connectivity index is 1.77. The zero-order valence-corrected chi connectivity index (χ0v) is 12.9. The third kappa shape index (κ3) is 3.07. The van der Waals surface area contributed by atoms with E-state index in [9.17, 15) is 0 Å². The lowest BCUT2D eigenvalue weighted by Gasteiger charge is -2.09. The van der Waals surface area contributed by atoms with E-state index in [2.05, 4.69) is 5.10 Å². The average molecular weight is 314 g/mol. The summed E-state index contributed by atoms with van der Waals surface area (Å²) in [5, 5.41) is 4.89. The van der Waals surface area contributed by atoms with Gasteiger partial charge in [0, 0.05) is 18.7 Å². The van der Waals surface area contributed by atoms with Gasteiger partial charge in [-0.15, -0.1) is 0 Å². The third-order valence-electron chi connectivity index (χ3n) is 3.38. The van der Waals surface area contributed by atoms with Crippen molar-refractivity contribution in [1.29, 1.82) is 0 Å². The minimum Gasteiger partial charge on any atom is -0.487 e. The Hall–Kier alpha value is -2.46. The highest BCUT2D eigenvalue weighted by atomic mass is 35.5. The van der Waals surface area contributed by atoms with Crippen molar-refractivity contribution in [3.63, 3.8) is 0 Å². The summed E-state index contributed by atoms with van der Waals surface area (Å²) in [5.74, 6) is 1.26. The van der Waals surface area contributed by atoms with E-state index in [0.29, 0.717) is 23.2 Å². The number of nitrogens with zero attached hydrogens (tertiary/aromatic N) is 2. The number of benzene rings is 2. The number of rotatable bonds is 4. The quantitative estimate of drug-likeness (QED) is 0.794. The fourth-order valence-electron chi connectivity index (χ4n) is 2.14. The summed E-state index contributed by atoms with van der Waals surface area (Å²) in [6.07, 6.45) is 0. The maximum Gasteiger partial charge on any atom is 0.138 e. The van der Waals surface area contributed by atoms with Crippen molar-refractivity contribution in [3.05, 3.63) is 65.2 Å². The topological polar surface area (TPSA) is 53.1 Å². The van der Waals surface area contributed by atoms with Crippen LogP contribution in [0.2, 0.25) is 5.02 Å². The molecule has 0 spiro atoms. The van der Waals surface area contributed by atoms with Gasteiger partial charge in [-0.3, -0.25) is 4.68 Å². The number of hydrogen-bond acceptors (Lipinski definition) is 3. The lowest BCUT2D eigenvalue weighted by Crippen LogP contribution is -1.97. The van der Waals surface area contributed by atoms with Crippen molar-refractivity contribution < 1.29 is 4.74 Å². The zero-order chi connectivity index (χ0) is 15.5. The molecule has 0 radical (unpaired) electrons. The summed E-state index contributed by atoms with van der Waals surface area (Å²) in [6, 6.07) is 17.4. The molecular weight excluding hydrogens is 298 g/mol. The van der Waals surface area contributed by atoms with Crippen LogP contribution in [0.5, 0.6) is 5.75 Å². The van der Waals surface area contributed by atoms with E-state index in [0.717, 1.165) is 16.8 Å². The molecule has 0 saturated heterocycles. The number of aromatic nitrogens is 2. The van der Waals surface area contributed by atoms with Crippen LogP contribution < -0.4 is 10.5 Å². The van der Waals surface area contributed by atoms with E-state index >= 15 is 0 Å². The Morgan fingerprint density at radius 1 is 1.14 bits per heavy atom. The van der Waals surface area contributed by atoms with Crippen LogP contribution >= 0.6 is 11.6 Å². The van der Waals surface area contributed by atoms with Gasteiger partial charge in [0.25, 0.3) is 0 Å². The van der Waals surface area contributed by atoms with Crippen LogP contribution in [0.1, 0.15) is 5.56 Å². The van der Waals surface area contributed by atoms with Crippen LogP contribution in [-0.2, 0) is 13.7 Å². The molecule has 1 aromatic heterocycles. The van der Waals surface area contributed by atoms with E-state index in [4.69, 9.17) is 22.1 Å². The average Bonchev–Trinajstić information content (AvgIpc) is 2.86. The first-order valence-electron chi connectivity index (χ1n) is 6.89. The van der Waals surface area contributed by atoms with Gasteiger partial charge in [0.1, 0.15) is 18.2 Å². The maximum atomic E-state index is 6.30. The largest absolute Gasteiger partial charge is 0.487 e. The van der Waals surface area contributed by atoms with E-state index < -0.39 is 0 Å². The van der Waals surface area contributed by atoms with Crippen molar-refractivity contribution in [2.24, 2.45) is 7.05 Å². The van der Waals surface area contributed by atoms with Gasteiger partial charge in [0.05, 0.1) is 10.7 Å². The van der Waals surface area contributed by atoms with Crippen LogP contribution in [0.4, 0.5) is 5.82 Å². The monoisotopic (exact) mass is 313 g/mol. The molecule has 0 saturated carbocycles. The number of nitrogens with two attached hydrogens (primary N) is 1. The van der Waals surface area contributed by atoms with Crippen LogP contribution in [0.15, 0.2) is 54.6 Å². The van der Waals surface area contributed by atoms with Crippen molar-refractivity contribution in [2.75, 3.05) is 5.73 Å². The van der Waals surface area contributed by atoms with E-state index in [1.165, 1.54) is 0 Å². The Morgan fingerprint density at radius 2 is 1.91 bits per heavy atom. The third-order valence-corrected chi connectivity index (χ3v) is 3.68. The van der Waals surface area contributed by atoms with Crippen molar-refractivity contribution in [2.45, 2.75) is 6.61 Å². The molecule has 0 fully saturated rings. The van der Waals surface area contributed by atoms with Crippen molar-refractivity contribution in [1.82, 2.24) is 9.78 Å². The maximum absolute atomic E-state index is 6.30. The molecule has 0 amide bonds. The van der Waals surface area contributed by atoms with Crippen LogP contribution in [0, 0.1) is 0 Å². The molecule has 5 heteroatoms. The molecule has 0 aliphatic carbocycles. The van der Waals surface area contributed by atoms with Crippen molar-refractivity contribution >= 4 is 17.4 Å². The molecule has 2 N–H and O–H groups in total. The second-order valence-electron chi connectivity index (χ2n) is 5.00. The molecule has 22 heavy (non-hydrogen) atoms. The molecule has 0 aliphatic rings. The first-order valence-corrected chi connectivity index (χ1v) is 7.27. The molecule has 0 atom stereocenters. The molecule has 0 unspecified atom stereocenters.